The molecule has 0 spiro atoms. The molecule has 2 aromatic carbocycles. The lowest BCUT2D eigenvalue weighted by Gasteiger charge is -2.25. The number of nitrogens with zero attached hydrogens (tertiary/aromatic N) is 2. The molecule has 3 unspecified atom stereocenters. The van der Waals surface area contributed by atoms with E-state index >= 15 is 0 Å². The average molecular weight is 539 g/mol. The summed E-state index contributed by atoms with van der Waals surface area (Å²) in [6.07, 6.45) is 2.47. The molecule has 0 N–H and O–H groups in total. The lowest BCUT2D eigenvalue weighted by molar-refractivity contribution is -0.122. The zero-order valence-electron chi connectivity index (χ0n) is 21.3. The molecule has 2 aliphatic rings. The SMILES string of the molecule is CC1CCC2C(=O)N(c3ccc(-c4cc(C(=O)OCC(=O)c5cccs5)c5ccccc5n4)cc3)C(=O)C2C1. The zero-order chi connectivity index (χ0) is 27.1. The van der Waals surface area contributed by atoms with Gasteiger partial charge >= 0.3 is 5.97 Å². The lowest BCUT2D eigenvalue weighted by atomic mass is 9.76. The van der Waals surface area contributed by atoms with Crippen molar-refractivity contribution < 1.29 is 23.9 Å². The number of ether oxygens (including phenoxy) is 1. The van der Waals surface area contributed by atoms with Gasteiger partial charge in [0.15, 0.2) is 6.61 Å². The summed E-state index contributed by atoms with van der Waals surface area (Å²) in [5.41, 5.74) is 2.72. The normalized spacial score (nSPS) is 20.7. The number of fused-ring (bicyclic) bond motifs is 2. The quantitative estimate of drug-likeness (QED) is 0.172. The fraction of sp³-hybridized carbons (Fsp3) is 0.258. The van der Waals surface area contributed by atoms with E-state index in [0.717, 1.165) is 24.8 Å². The molecular formula is C31H26N2O5S. The third-order valence-corrected chi connectivity index (χ3v) is 8.59. The highest BCUT2D eigenvalue weighted by atomic mass is 32.1. The highest BCUT2D eigenvalue weighted by Gasteiger charge is 2.49. The maximum atomic E-state index is 13.1. The summed E-state index contributed by atoms with van der Waals surface area (Å²) in [6, 6.07) is 19.5. The van der Waals surface area contributed by atoms with E-state index in [1.807, 2.05) is 18.2 Å². The predicted molar refractivity (Wildman–Crippen MR) is 149 cm³/mol. The minimum Gasteiger partial charge on any atom is -0.454 e. The summed E-state index contributed by atoms with van der Waals surface area (Å²) >= 11 is 1.30. The van der Waals surface area contributed by atoms with Crippen LogP contribution in [0.3, 0.4) is 0 Å². The van der Waals surface area contributed by atoms with Crippen molar-refractivity contribution in [1.29, 1.82) is 0 Å². The van der Waals surface area contributed by atoms with Gasteiger partial charge in [-0.1, -0.05) is 43.3 Å². The van der Waals surface area contributed by atoms with Gasteiger partial charge in [-0.2, -0.15) is 0 Å². The summed E-state index contributed by atoms with van der Waals surface area (Å²) < 4.78 is 5.39. The molecule has 39 heavy (non-hydrogen) atoms. The molecule has 2 amide bonds. The molecule has 7 nitrogen and oxygen atoms in total. The van der Waals surface area contributed by atoms with E-state index in [4.69, 9.17) is 9.72 Å². The van der Waals surface area contributed by atoms with Crippen LogP contribution in [0, 0.1) is 17.8 Å². The van der Waals surface area contributed by atoms with Crippen LogP contribution in [0.15, 0.2) is 72.1 Å². The van der Waals surface area contributed by atoms with Gasteiger partial charge in [-0.25, -0.2) is 9.78 Å². The Balaban J connectivity index is 1.27. The van der Waals surface area contributed by atoms with Crippen molar-refractivity contribution in [2.45, 2.75) is 26.2 Å². The number of imide groups is 1. The van der Waals surface area contributed by atoms with Crippen molar-refractivity contribution in [2.24, 2.45) is 17.8 Å². The molecule has 4 aromatic rings. The average Bonchev–Trinajstić information content (AvgIpc) is 3.58. The Kier molecular flexibility index (Phi) is 6.56. The van der Waals surface area contributed by atoms with E-state index in [-0.39, 0.29) is 36.0 Å². The van der Waals surface area contributed by atoms with Gasteiger partial charge in [0.05, 0.1) is 39.2 Å². The maximum Gasteiger partial charge on any atom is 0.339 e. The van der Waals surface area contributed by atoms with Crippen LogP contribution >= 0.6 is 11.3 Å². The molecule has 1 aliphatic heterocycles. The van der Waals surface area contributed by atoms with Crippen molar-refractivity contribution in [1.82, 2.24) is 4.98 Å². The second-order valence-corrected chi connectivity index (χ2v) is 11.2. The number of Topliss-reactive ketones (excluding diaryl/α,β-unsaturated/α-hetero) is 1. The molecule has 8 heteroatoms. The maximum absolute atomic E-state index is 13.1. The number of hydrogen-bond acceptors (Lipinski definition) is 7. The van der Waals surface area contributed by atoms with Crippen molar-refractivity contribution in [3.63, 3.8) is 0 Å². The molecule has 2 aromatic heterocycles. The smallest absolute Gasteiger partial charge is 0.339 e. The number of thiophene rings is 1. The summed E-state index contributed by atoms with van der Waals surface area (Å²) in [4.78, 5) is 58.2. The number of amides is 2. The molecule has 0 bridgehead atoms. The molecule has 6 rings (SSSR count). The molecule has 1 saturated heterocycles. The first-order chi connectivity index (χ1) is 18.9. The Morgan fingerprint density at radius 3 is 2.51 bits per heavy atom. The summed E-state index contributed by atoms with van der Waals surface area (Å²) in [5, 5.41) is 2.42. The zero-order valence-corrected chi connectivity index (χ0v) is 22.1. The highest BCUT2D eigenvalue weighted by Crippen LogP contribution is 2.42. The van der Waals surface area contributed by atoms with E-state index in [1.165, 1.54) is 16.2 Å². The topological polar surface area (TPSA) is 93.6 Å². The molecule has 2 fully saturated rings. The standard InChI is InChI=1S/C31H26N2O5S/c1-18-8-13-22-23(15-18)30(36)33(29(22)35)20-11-9-19(10-12-20)26-16-24(21-5-2-3-6-25(21)32-26)31(37)38-17-27(34)28-7-4-14-39-28/h2-7,9-12,14,16,18,22-23H,8,13,15,17H2,1H3. The van der Waals surface area contributed by atoms with Crippen molar-refractivity contribution in [3.8, 4) is 11.3 Å². The summed E-state index contributed by atoms with van der Waals surface area (Å²) in [5.74, 6) is -1.11. The number of para-hydroxylation sites is 1. The number of aromatic nitrogens is 1. The third kappa shape index (κ3) is 4.65. The van der Waals surface area contributed by atoms with E-state index in [9.17, 15) is 19.2 Å². The van der Waals surface area contributed by atoms with E-state index in [1.54, 1.807) is 53.9 Å². The highest BCUT2D eigenvalue weighted by molar-refractivity contribution is 7.12. The summed E-state index contributed by atoms with van der Waals surface area (Å²) in [7, 11) is 0. The van der Waals surface area contributed by atoms with Crippen LogP contribution in [0.1, 0.15) is 46.2 Å². The van der Waals surface area contributed by atoms with Gasteiger partial charge in [-0.3, -0.25) is 19.3 Å². The van der Waals surface area contributed by atoms with Crippen molar-refractivity contribution in [2.75, 3.05) is 11.5 Å². The van der Waals surface area contributed by atoms with Crippen LogP contribution < -0.4 is 4.90 Å². The third-order valence-electron chi connectivity index (χ3n) is 7.68. The van der Waals surface area contributed by atoms with Gasteiger partial charge in [-0.05, 0) is 60.9 Å². The second kappa shape index (κ2) is 10.2. The molecule has 1 aliphatic carbocycles. The van der Waals surface area contributed by atoms with Gasteiger partial charge in [0, 0.05) is 10.9 Å². The number of carbonyl (C=O) groups is 4. The monoisotopic (exact) mass is 538 g/mol. The second-order valence-electron chi connectivity index (χ2n) is 10.2. The number of hydrogen-bond donors (Lipinski definition) is 0. The Morgan fingerprint density at radius 2 is 1.74 bits per heavy atom. The largest absolute Gasteiger partial charge is 0.454 e. The van der Waals surface area contributed by atoms with Crippen LogP contribution in [0.5, 0.6) is 0 Å². The number of carbonyl (C=O) groups excluding carboxylic acids is 4. The van der Waals surface area contributed by atoms with Crippen molar-refractivity contribution >= 4 is 51.5 Å². The Bertz CT molecular complexity index is 1600. The van der Waals surface area contributed by atoms with Crippen LogP contribution in [0.2, 0.25) is 0 Å². The first-order valence-electron chi connectivity index (χ1n) is 13.0. The number of esters is 1. The van der Waals surface area contributed by atoms with Gasteiger partial charge in [-0.15, -0.1) is 11.3 Å². The Hall–Kier alpha value is -4.17. The minimum absolute atomic E-state index is 0.115. The fourth-order valence-corrected chi connectivity index (χ4v) is 6.29. The van der Waals surface area contributed by atoms with Crippen LogP contribution in [-0.4, -0.2) is 35.2 Å². The van der Waals surface area contributed by atoms with Crippen LogP contribution in [-0.2, 0) is 14.3 Å². The predicted octanol–water partition coefficient (Wildman–Crippen LogP) is 5.93. The fourth-order valence-electron chi connectivity index (χ4n) is 5.63. The Labute approximate surface area is 229 Å². The molecule has 0 radical (unpaired) electrons. The van der Waals surface area contributed by atoms with E-state index in [0.29, 0.717) is 38.6 Å². The van der Waals surface area contributed by atoms with Gasteiger partial charge in [0.2, 0.25) is 17.6 Å². The van der Waals surface area contributed by atoms with E-state index < -0.39 is 5.97 Å². The van der Waals surface area contributed by atoms with Crippen molar-refractivity contribution in [3.05, 3.63) is 82.6 Å². The van der Waals surface area contributed by atoms with Crippen LogP contribution in [0.25, 0.3) is 22.2 Å². The number of ketones is 1. The number of anilines is 1. The number of pyridine rings is 1. The van der Waals surface area contributed by atoms with Gasteiger partial charge in [0.1, 0.15) is 0 Å². The first-order valence-corrected chi connectivity index (χ1v) is 13.9. The molecular weight excluding hydrogens is 512 g/mol. The number of benzene rings is 2. The lowest BCUT2D eigenvalue weighted by Crippen LogP contribution is -2.30. The molecule has 1 saturated carbocycles. The summed E-state index contributed by atoms with van der Waals surface area (Å²) in [6.45, 7) is 1.78. The van der Waals surface area contributed by atoms with Gasteiger partial charge < -0.3 is 4.74 Å². The molecule has 196 valence electrons. The molecule has 3 atom stereocenters. The van der Waals surface area contributed by atoms with Crippen LogP contribution in [0.4, 0.5) is 5.69 Å². The molecule has 3 heterocycles. The first kappa shape index (κ1) is 25.1. The Morgan fingerprint density at radius 1 is 0.974 bits per heavy atom. The van der Waals surface area contributed by atoms with E-state index in [2.05, 4.69) is 6.92 Å². The number of rotatable bonds is 6. The van der Waals surface area contributed by atoms with Gasteiger partial charge in [0.25, 0.3) is 0 Å². The minimum atomic E-state index is -0.610.